The molecule has 0 atom stereocenters. The molecule has 0 amide bonds. The van der Waals surface area contributed by atoms with Crippen LogP contribution in [-0.2, 0) is 12.6 Å². The average Bonchev–Trinajstić information content (AvgIpc) is 2.04. The van der Waals surface area contributed by atoms with Crippen molar-refractivity contribution in [1.82, 2.24) is 0 Å². The van der Waals surface area contributed by atoms with Crippen LogP contribution in [0.25, 0.3) is 0 Å². The molecule has 11 heavy (non-hydrogen) atoms. The molecule has 0 aliphatic rings. The molecular weight excluding hydrogens is 259 g/mol. The summed E-state index contributed by atoms with van der Waals surface area (Å²) in [5.74, 6) is -0.361. The number of carbonyl (C=O) groups excluding carboxylic acids is 1. The van der Waals surface area contributed by atoms with Gasteiger partial charge in [0, 0.05) is 6.08 Å². The first-order valence-corrected chi connectivity index (χ1v) is 4.22. The number of esters is 1. The van der Waals surface area contributed by atoms with Crippen LogP contribution in [0, 0.1) is 0 Å². The number of hydrogen-bond acceptors (Lipinski definition) is 3. The van der Waals surface area contributed by atoms with Gasteiger partial charge >= 0.3 is 5.97 Å². The summed E-state index contributed by atoms with van der Waals surface area (Å²) >= 11 is 1.84. The summed E-state index contributed by atoms with van der Waals surface area (Å²) in [6.07, 6.45) is 2.91. The monoisotopic (exact) mass is 270 g/mol. The minimum atomic E-state index is -0.361. The maximum absolute atomic E-state index is 10.5. The Bertz CT molecular complexity index is 125. The normalized spacial score (nSPS) is 9.18. The quantitative estimate of drug-likeness (QED) is 0.320. The molecule has 0 heterocycles. The van der Waals surface area contributed by atoms with Crippen molar-refractivity contribution in [1.29, 1.82) is 0 Å². The van der Waals surface area contributed by atoms with E-state index in [1.54, 1.807) is 0 Å². The molecule has 0 saturated carbocycles. The summed E-state index contributed by atoms with van der Waals surface area (Å²) in [5.41, 5.74) is 0. The molecule has 0 aliphatic heterocycles. The minimum absolute atomic E-state index is 0.361. The fourth-order valence-corrected chi connectivity index (χ4v) is 0.802. The highest BCUT2D eigenvalue weighted by molar-refractivity contribution is 14.1. The molecule has 0 aliphatic carbocycles. The van der Waals surface area contributed by atoms with Gasteiger partial charge in [-0.25, -0.2) is 4.79 Å². The SMILES string of the molecule is C=CC(=O)OCCCCOI. The summed E-state index contributed by atoms with van der Waals surface area (Å²) in [7, 11) is 0. The Balaban J connectivity index is 3.01. The predicted molar refractivity (Wildman–Crippen MR) is 50.4 cm³/mol. The first-order chi connectivity index (χ1) is 5.31. The second kappa shape index (κ2) is 8.00. The van der Waals surface area contributed by atoms with Crippen molar-refractivity contribution in [3.8, 4) is 0 Å². The number of hydrogen-bond donors (Lipinski definition) is 0. The zero-order valence-electron chi connectivity index (χ0n) is 6.22. The second-order valence-corrected chi connectivity index (χ2v) is 2.51. The van der Waals surface area contributed by atoms with Crippen LogP contribution in [0.1, 0.15) is 12.8 Å². The van der Waals surface area contributed by atoms with Crippen molar-refractivity contribution in [2.75, 3.05) is 13.2 Å². The Morgan fingerprint density at radius 2 is 2.09 bits per heavy atom. The lowest BCUT2D eigenvalue weighted by Gasteiger charge is -1.99. The van der Waals surface area contributed by atoms with E-state index < -0.39 is 0 Å². The maximum Gasteiger partial charge on any atom is 0.330 e. The van der Waals surface area contributed by atoms with Gasteiger partial charge < -0.3 is 7.80 Å². The van der Waals surface area contributed by atoms with Crippen LogP contribution in [-0.4, -0.2) is 19.2 Å². The van der Waals surface area contributed by atoms with E-state index >= 15 is 0 Å². The van der Waals surface area contributed by atoms with Gasteiger partial charge in [0.2, 0.25) is 0 Å². The Morgan fingerprint density at radius 1 is 1.45 bits per heavy atom. The zero-order valence-corrected chi connectivity index (χ0v) is 8.37. The highest BCUT2D eigenvalue weighted by Crippen LogP contribution is 1.94. The molecule has 0 radical (unpaired) electrons. The zero-order chi connectivity index (χ0) is 8.53. The molecule has 0 fully saturated rings. The maximum atomic E-state index is 10.5. The van der Waals surface area contributed by atoms with Gasteiger partial charge in [0.15, 0.2) is 0 Å². The van der Waals surface area contributed by atoms with E-state index in [1.807, 2.05) is 23.0 Å². The van der Waals surface area contributed by atoms with Gasteiger partial charge in [0.05, 0.1) is 13.2 Å². The van der Waals surface area contributed by atoms with Crippen LogP contribution in [0.2, 0.25) is 0 Å². The van der Waals surface area contributed by atoms with Gasteiger partial charge in [0.25, 0.3) is 0 Å². The Morgan fingerprint density at radius 3 is 2.64 bits per heavy atom. The molecule has 0 N–H and O–H groups in total. The van der Waals surface area contributed by atoms with Crippen LogP contribution in [0.5, 0.6) is 0 Å². The van der Waals surface area contributed by atoms with E-state index in [4.69, 9.17) is 7.80 Å². The van der Waals surface area contributed by atoms with Crippen molar-refractivity contribution in [3.63, 3.8) is 0 Å². The molecule has 4 heteroatoms. The van der Waals surface area contributed by atoms with E-state index in [1.165, 1.54) is 0 Å². The Kier molecular flexibility index (Phi) is 7.93. The third-order valence-corrected chi connectivity index (χ3v) is 1.47. The topological polar surface area (TPSA) is 35.5 Å². The first-order valence-electron chi connectivity index (χ1n) is 3.34. The number of ether oxygens (including phenoxy) is 1. The summed E-state index contributed by atoms with van der Waals surface area (Å²) in [4.78, 5) is 10.5. The first kappa shape index (κ1) is 10.9. The van der Waals surface area contributed by atoms with E-state index in [2.05, 4.69) is 6.58 Å². The van der Waals surface area contributed by atoms with Crippen molar-refractivity contribution >= 4 is 29.0 Å². The molecule has 64 valence electrons. The number of halogens is 1. The molecule has 0 saturated heterocycles. The average molecular weight is 270 g/mol. The lowest BCUT2D eigenvalue weighted by molar-refractivity contribution is -0.137. The highest BCUT2D eigenvalue weighted by atomic mass is 127. The Labute approximate surface area is 80.4 Å². The summed E-state index contributed by atoms with van der Waals surface area (Å²) in [6, 6.07) is 0. The summed E-state index contributed by atoms with van der Waals surface area (Å²) in [6.45, 7) is 4.43. The van der Waals surface area contributed by atoms with Crippen LogP contribution >= 0.6 is 23.0 Å². The fourth-order valence-electron chi connectivity index (χ4n) is 0.490. The van der Waals surface area contributed by atoms with Crippen LogP contribution in [0.4, 0.5) is 0 Å². The molecule has 0 spiro atoms. The summed E-state index contributed by atoms with van der Waals surface area (Å²) in [5, 5.41) is 0. The van der Waals surface area contributed by atoms with Crippen LogP contribution < -0.4 is 0 Å². The standard InChI is InChI=1S/C7H11IO3/c1-2-7(9)10-5-3-4-6-11-8/h2H,1,3-6H2. The second-order valence-electron chi connectivity index (χ2n) is 1.89. The van der Waals surface area contributed by atoms with Crippen molar-refractivity contribution in [2.24, 2.45) is 0 Å². The van der Waals surface area contributed by atoms with Crippen molar-refractivity contribution in [2.45, 2.75) is 12.8 Å². The van der Waals surface area contributed by atoms with Gasteiger partial charge in [-0.3, -0.25) is 0 Å². The van der Waals surface area contributed by atoms with Crippen LogP contribution in [0.15, 0.2) is 12.7 Å². The van der Waals surface area contributed by atoms with Crippen LogP contribution in [0.3, 0.4) is 0 Å². The lowest BCUT2D eigenvalue weighted by atomic mass is 10.3. The Hall–Kier alpha value is -0.100. The fraction of sp³-hybridized carbons (Fsp3) is 0.571. The van der Waals surface area contributed by atoms with E-state index in [0.29, 0.717) is 13.2 Å². The third-order valence-electron chi connectivity index (χ3n) is 1.03. The minimum Gasteiger partial charge on any atom is -0.463 e. The van der Waals surface area contributed by atoms with Gasteiger partial charge in [-0.05, 0) is 12.8 Å². The van der Waals surface area contributed by atoms with Gasteiger partial charge in [-0.1, -0.05) is 6.58 Å². The van der Waals surface area contributed by atoms with E-state index in [0.717, 1.165) is 18.9 Å². The van der Waals surface area contributed by atoms with Gasteiger partial charge in [-0.2, -0.15) is 0 Å². The molecule has 0 aromatic rings. The molecule has 0 rings (SSSR count). The molecule has 0 bridgehead atoms. The summed E-state index contributed by atoms with van der Waals surface area (Å²) < 4.78 is 9.51. The molecular formula is C7H11IO3. The molecule has 0 aromatic heterocycles. The largest absolute Gasteiger partial charge is 0.463 e. The van der Waals surface area contributed by atoms with E-state index in [-0.39, 0.29) is 5.97 Å². The van der Waals surface area contributed by atoms with Crippen molar-refractivity contribution < 1.29 is 12.6 Å². The number of carbonyl (C=O) groups is 1. The van der Waals surface area contributed by atoms with Gasteiger partial charge in [0.1, 0.15) is 23.0 Å². The molecule has 0 unspecified atom stereocenters. The molecule has 0 aromatic carbocycles. The number of rotatable bonds is 6. The highest BCUT2D eigenvalue weighted by Gasteiger charge is 1.93. The molecule has 3 nitrogen and oxygen atoms in total. The third kappa shape index (κ3) is 7.80. The lowest BCUT2D eigenvalue weighted by Crippen LogP contribution is -2.02. The van der Waals surface area contributed by atoms with E-state index in [9.17, 15) is 4.79 Å². The predicted octanol–water partition coefficient (Wildman–Crippen LogP) is 1.86. The van der Waals surface area contributed by atoms with Crippen molar-refractivity contribution in [3.05, 3.63) is 12.7 Å². The number of unbranched alkanes of at least 4 members (excludes halogenated alkanes) is 1. The van der Waals surface area contributed by atoms with Gasteiger partial charge in [-0.15, -0.1) is 0 Å². The smallest absolute Gasteiger partial charge is 0.330 e.